The van der Waals surface area contributed by atoms with E-state index in [1.807, 2.05) is 0 Å². The van der Waals surface area contributed by atoms with E-state index in [9.17, 15) is 9.59 Å². The van der Waals surface area contributed by atoms with Gasteiger partial charge in [0.05, 0.1) is 5.69 Å². The number of amides is 1. The van der Waals surface area contributed by atoms with Crippen molar-refractivity contribution >= 4 is 23.5 Å². The summed E-state index contributed by atoms with van der Waals surface area (Å²) in [6.45, 7) is 1.55. The Balaban J connectivity index is 1.94. The number of hydrogen-bond acceptors (Lipinski definition) is 4. The van der Waals surface area contributed by atoms with Gasteiger partial charge in [-0.05, 0) is 43.3 Å². The average Bonchev–Trinajstić information content (AvgIpc) is 2.56. The summed E-state index contributed by atoms with van der Waals surface area (Å²) < 4.78 is 5.21. The number of rotatable bonds is 5. The molecule has 0 saturated carbocycles. The summed E-state index contributed by atoms with van der Waals surface area (Å²) in [5.74, 6) is -0.649. The minimum atomic E-state index is -0.796. The molecule has 0 bridgehead atoms. The van der Waals surface area contributed by atoms with Gasteiger partial charge in [0.2, 0.25) is 0 Å². The van der Waals surface area contributed by atoms with E-state index < -0.39 is 12.0 Å². The van der Waals surface area contributed by atoms with Crippen LogP contribution < -0.4 is 21.5 Å². The molecule has 0 spiro atoms. The van der Waals surface area contributed by atoms with Crippen LogP contribution in [0.1, 0.15) is 17.3 Å². The van der Waals surface area contributed by atoms with Gasteiger partial charge in [0.15, 0.2) is 5.96 Å². The molecule has 1 amide bonds. The summed E-state index contributed by atoms with van der Waals surface area (Å²) in [4.78, 5) is 27.9. The first kappa shape index (κ1) is 17.0. The number of esters is 1. The van der Waals surface area contributed by atoms with Gasteiger partial charge < -0.3 is 21.5 Å². The maximum atomic E-state index is 12.0. The Bertz CT molecular complexity index is 738. The fourth-order valence-corrected chi connectivity index (χ4v) is 1.87. The fourth-order valence-electron chi connectivity index (χ4n) is 1.87. The van der Waals surface area contributed by atoms with Crippen LogP contribution in [0.15, 0.2) is 59.6 Å². The molecule has 0 saturated heterocycles. The number of aliphatic imine (C=N–C) groups is 1. The summed E-state index contributed by atoms with van der Waals surface area (Å²) in [5, 5.41) is 2.59. The lowest BCUT2D eigenvalue weighted by atomic mass is 10.2. The summed E-state index contributed by atoms with van der Waals surface area (Å²) in [5.41, 5.74) is 11.6. The number of benzene rings is 2. The fraction of sp³-hybridized carbons (Fsp3) is 0.118. The lowest BCUT2D eigenvalue weighted by molar-refractivity contribution is -0.136. The van der Waals surface area contributed by atoms with Gasteiger partial charge >= 0.3 is 5.97 Å². The van der Waals surface area contributed by atoms with E-state index in [4.69, 9.17) is 16.2 Å². The van der Waals surface area contributed by atoms with E-state index in [1.165, 1.54) is 0 Å². The number of hydrogen-bond donors (Lipinski definition) is 3. The smallest absolute Gasteiger partial charge is 0.333 e. The number of carbonyl (C=O) groups excluding carboxylic acids is 2. The summed E-state index contributed by atoms with van der Waals surface area (Å²) in [6.07, 6.45) is 0. The second-order valence-electron chi connectivity index (χ2n) is 5.01. The first-order valence-corrected chi connectivity index (χ1v) is 7.23. The molecule has 0 unspecified atom stereocenters. The molecule has 7 nitrogen and oxygen atoms in total. The van der Waals surface area contributed by atoms with Crippen molar-refractivity contribution in [2.75, 3.05) is 0 Å². The largest absolute Gasteiger partial charge is 0.425 e. The highest BCUT2D eigenvalue weighted by atomic mass is 16.5. The van der Waals surface area contributed by atoms with Crippen molar-refractivity contribution in [3.05, 3.63) is 60.2 Å². The molecule has 0 aliphatic carbocycles. The van der Waals surface area contributed by atoms with Gasteiger partial charge in [0.25, 0.3) is 5.91 Å². The lowest BCUT2D eigenvalue weighted by Crippen LogP contribution is -2.40. The van der Waals surface area contributed by atoms with E-state index in [-0.39, 0.29) is 11.9 Å². The molecule has 7 heteroatoms. The van der Waals surface area contributed by atoms with Crippen LogP contribution >= 0.6 is 0 Å². The Hall–Kier alpha value is -3.35. The normalized spacial score (nSPS) is 11.2. The average molecular weight is 326 g/mol. The Morgan fingerprint density at radius 3 is 2.25 bits per heavy atom. The maximum absolute atomic E-state index is 12.0. The standard InChI is InChI=1S/C17H18N4O3/c1-11(20-15(22)12-5-3-2-4-6-12)16(23)24-14-9-7-13(8-10-14)21-17(18)19/h2-11H,1H3,(H,20,22)(H4,18,19,21)/t11-/m0/s1. The van der Waals surface area contributed by atoms with Crippen LogP contribution in [0.2, 0.25) is 0 Å². The zero-order valence-corrected chi connectivity index (χ0v) is 13.1. The second kappa shape index (κ2) is 7.77. The minimum Gasteiger partial charge on any atom is -0.425 e. The van der Waals surface area contributed by atoms with E-state index in [0.29, 0.717) is 17.0 Å². The number of guanidine groups is 1. The SMILES string of the molecule is C[C@H](NC(=O)c1ccccc1)C(=O)Oc1ccc(N=C(N)N)cc1. The summed E-state index contributed by atoms with van der Waals surface area (Å²) in [6, 6.07) is 14.2. The predicted molar refractivity (Wildman–Crippen MR) is 90.9 cm³/mol. The monoisotopic (exact) mass is 326 g/mol. The van der Waals surface area contributed by atoms with Crippen molar-refractivity contribution in [3.8, 4) is 5.75 Å². The topological polar surface area (TPSA) is 120 Å². The Morgan fingerprint density at radius 1 is 1.04 bits per heavy atom. The quantitative estimate of drug-likeness (QED) is 0.331. The van der Waals surface area contributed by atoms with Gasteiger partial charge in [-0.15, -0.1) is 0 Å². The summed E-state index contributed by atoms with van der Waals surface area (Å²) in [7, 11) is 0. The molecule has 2 aromatic rings. The third-order valence-electron chi connectivity index (χ3n) is 3.05. The molecule has 2 rings (SSSR count). The molecule has 124 valence electrons. The van der Waals surface area contributed by atoms with Crippen LogP contribution in [0.3, 0.4) is 0 Å². The Kier molecular flexibility index (Phi) is 5.51. The highest BCUT2D eigenvalue weighted by molar-refractivity contribution is 5.96. The Labute approximate surface area is 139 Å². The van der Waals surface area contributed by atoms with Crippen LogP contribution in [0.25, 0.3) is 0 Å². The van der Waals surface area contributed by atoms with Gasteiger partial charge in [0, 0.05) is 5.56 Å². The van der Waals surface area contributed by atoms with Gasteiger partial charge in [-0.25, -0.2) is 9.79 Å². The van der Waals surface area contributed by atoms with Crippen LogP contribution in [-0.2, 0) is 4.79 Å². The first-order chi connectivity index (χ1) is 11.5. The lowest BCUT2D eigenvalue weighted by Gasteiger charge is -2.13. The van der Waals surface area contributed by atoms with Crippen LogP contribution in [0.5, 0.6) is 5.75 Å². The molecule has 0 aromatic heterocycles. The van der Waals surface area contributed by atoms with Crippen molar-refractivity contribution < 1.29 is 14.3 Å². The molecule has 24 heavy (non-hydrogen) atoms. The molecule has 5 N–H and O–H groups in total. The van der Waals surface area contributed by atoms with E-state index >= 15 is 0 Å². The molecular formula is C17H18N4O3. The third-order valence-corrected chi connectivity index (χ3v) is 3.05. The van der Waals surface area contributed by atoms with Crippen LogP contribution in [0, 0.1) is 0 Å². The number of nitrogens with two attached hydrogens (primary N) is 2. The highest BCUT2D eigenvalue weighted by Gasteiger charge is 2.18. The molecule has 0 radical (unpaired) electrons. The van der Waals surface area contributed by atoms with Gasteiger partial charge in [-0.1, -0.05) is 18.2 Å². The predicted octanol–water partition coefficient (Wildman–Crippen LogP) is 1.32. The van der Waals surface area contributed by atoms with E-state index in [2.05, 4.69) is 10.3 Å². The van der Waals surface area contributed by atoms with Crippen molar-refractivity contribution in [1.29, 1.82) is 0 Å². The van der Waals surface area contributed by atoms with E-state index in [1.54, 1.807) is 61.5 Å². The van der Waals surface area contributed by atoms with Crippen LogP contribution in [0.4, 0.5) is 5.69 Å². The molecule has 0 aliphatic rings. The van der Waals surface area contributed by atoms with Gasteiger partial charge in [0.1, 0.15) is 11.8 Å². The third kappa shape index (κ3) is 4.84. The van der Waals surface area contributed by atoms with Crippen molar-refractivity contribution in [1.82, 2.24) is 5.32 Å². The van der Waals surface area contributed by atoms with Crippen molar-refractivity contribution in [3.63, 3.8) is 0 Å². The van der Waals surface area contributed by atoms with E-state index in [0.717, 1.165) is 0 Å². The van der Waals surface area contributed by atoms with Crippen molar-refractivity contribution in [2.45, 2.75) is 13.0 Å². The zero-order chi connectivity index (χ0) is 17.5. The van der Waals surface area contributed by atoms with Gasteiger partial charge in [-0.3, -0.25) is 4.79 Å². The number of nitrogens with zero attached hydrogens (tertiary/aromatic N) is 1. The maximum Gasteiger partial charge on any atom is 0.333 e. The molecule has 0 heterocycles. The minimum absolute atomic E-state index is 0.0583. The first-order valence-electron chi connectivity index (χ1n) is 7.23. The zero-order valence-electron chi connectivity index (χ0n) is 13.1. The molecule has 0 aliphatic heterocycles. The molecule has 0 fully saturated rings. The Morgan fingerprint density at radius 2 is 1.67 bits per heavy atom. The highest BCUT2D eigenvalue weighted by Crippen LogP contribution is 2.18. The molecule has 1 atom stereocenters. The molecule has 2 aromatic carbocycles. The number of carbonyl (C=O) groups is 2. The van der Waals surface area contributed by atoms with Crippen molar-refractivity contribution in [2.24, 2.45) is 16.5 Å². The molecular weight excluding hydrogens is 308 g/mol. The van der Waals surface area contributed by atoms with Crippen LogP contribution in [-0.4, -0.2) is 23.9 Å². The number of ether oxygens (including phenoxy) is 1. The van der Waals surface area contributed by atoms with Gasteiger partial charge in [-0.2, -0.15) is 0 Å². The second-order valence-corrected chi connectivity index (χ2v) is 5.01. The summed E-state index contributed by atoms with van der Waals surface area (Å²) >= 11 is 0. The number of nitrogens with one attached hydrogen (secondary N) is 1.